The van der Waals surface area contributed by atoms with E-state index in [9.17, 15) is 0 Å². The molecule has 0 amide bonds. The van der Waals surface area contributed by atoms with E-state index in [1.165, 1.54) is 21.6 Å². The van der Waals surface area contributed by atoms with Gasteiger partial charge in [-0.05, 0) is 47.5 Å². The Kier molecular flexibility index (Phi) is 3.42. The van der Waals surface area contributed by atoms with Gasteiger partial charge in [0.1, 0.15) is 0 Å². The molecule has 0 spiro atoms. The van der Waals surface area contributed by atoms with Gasteiger partial charge < -0.3 is 5.73 Å². The Morgan fingerprint density at radius 2 is 2.06 bits per heavy atom. The van der Waals surface area contributed by atoms with E-state index in [0.29, 0.717) is 0 Å². The van der Waals surface area contributed by atoms with E-state index in [1.807, 2.05) is 0 Å². The highest BCUT2D eigenvalue weighted by Gasteiger charge is 2.05. The van der Waals surface area contributed by atoms with Crippen LogP contribution in [0.15, 0.2) is 35.7 Å². The molecule has 2 heteroatoms. The van der Waals surface area contributed by atoms with Gasteiger partial charge in [0.05, 0.1) is 0 Å². The molecule has 0 aliphatic heterocycles. The summed E-state index contributed by atoms with van der Waals surface area (Å²) in [5, 5.41) is 2.20. The monoisotopic (exact) mass is 231 g/mol. The Morgan fingerprint density at radius 1 is 1.25 bits per heavy atom. The maximum Gasteiger partial charge on any atom is 0.0292 e. The van der Waals surface area contributed by atoms with Crippen LogP contribution in [0.1, 0.15) is 29.8 Å². The summed E-state index contributed by atoms with van der Waals surface area (Å²) in [6.45, 7) is 4.25. The number of benzene rings is 1. The van der Waals surface area contributed by atoms with Crippen LogP contribution in [-0.4, -0.2) is 0 Å². The minimum absolute atomic E-state index is 0.152. The van der Waals surface area contributed by atoms with Crippen molar-refractivity contribution in [2.75, 3.05) is 0 Å². The third kappa shape index (κ3) is 2.34. The van der Waals surface area contributed by atoms with Crippen molar-refractivity contribution in [2.24, 2.45) is 5.73 Å². The fraction of sp³-hybridized carbons (Fsp3) is 0.286. The number of thiophene rings is 1. The van der Waals surface area contributed by atoms with Crippen molar-refractivity contribution in [1.82, 2.24) is 0 Å². The van der Waals surface area contributed by atoms with Crippen LogP contribution in [0.2, 0.25) is 0 Å². The van der Waals surface area contributed by atoms with Crippen molar-refractivity contribution in [3.63, 3.8) is 0 Å². The molecule has 1 heterocycles. The summed E-state index contributed by atoms with van der Waals surface area (Å²) in [6.07, 6.45) is 0.978. The van der Waals surface area contributed by atoms with Gasteiger partial charge in [0.15, 0.2) is 0 Å². The van der Waals surface area contributed by atoms with E-state index in [2.05, 4.69) is 49.6 Å². The van der Waals surface area contributed by atoms with Crippen LogP contribution in [0, 0.1) is 6.92 Å². The second-order valence-electron chi connectivity index (χ2n) is 4.09. The van der Waals surface area contributed by atoms with E-state index in [0.717, 1.165) is 6.42 Å². The molecule has 2 aromatic rings. The quantitative estimate of drug-likeness (QED) is 0.844. The predicted octanol–water partition coefficient (Wildman–Crippen LogP) is 4.13. The molecule has 0 saturated heterocycles. The van der Waals surface area contributed by atoms with Crippen LogP contribution >= 0.6 is 11.3 Å². The van der Waals surface area contributed by atoms with Crippen LogP contribution in [0.25, 0.3) is 11.1 Å². The van der Waals surface area contributed by atoms with E-state index in [4.69, 9.17) is 5.73 Å². The summed E-state index contributed by atoms with van der Waals surface area (Å²) in [4.78, 5) is 1.35. The molecule has 1 atom stereocenters. The van der Waals surface area contributed by atoms with Crippen molar-refractivity contribution in [2.45, 2.75) is 26.3 Å². The van der Waals surface area contributed by atoms with E-state index < -0.39 is 0 Å². The molecule has 1 aromatic heterocycles. The zero-order chi connectivity index (χ0) is 11.5. The molecule has 0 bridgehead atoms. The van der Waals surface area contributed by atoms with Crippen molar-refractivity contribution in [3.05, 3.63) is 46.2 Å². The van der Waals surface area contributed by atoms with Crippen LogP contribution in [0.3, 0.4) is 0 Å². The molecular formula is C14H17NS. The largest absolute Gasteiger partial charge is 0.324 e. The SMILES string of the molecule is CCC(N)c1cccc(-c2csc(C)c2)c1. The topological polar surface area (TPSA) is 26.0 Å². The first-order valence-electron chi connectivity index (χ1n) is 5.61. The highest BCUT2D eigenvalue weighted by molar-refractivity contribution is 7.10. The number of nitrogens with two attached hydrogens (primary N) is 1. The van der Waals surface area contributed by atoms with Gasteiger partial charge in [-0.3, -0.25) is 0 Å². The molecule has 1 aromatic carbocycles. The summed E-state index contributed by atoms with van der Waals surface area (Å²) < 4.78 is 0. The minimum Gasteiger partial charge on any atom is -0.324 e. The Bertz CT molecular complexity index is 473. The Balaban J connectivity index is 2.36. The molecule has 0 aliphatic carbocycles. The van der Waals surface area contributed by atoms with Gasteiger partial charge in [-0.1, -0.05) is 25.1 Å². The first-order valence-corrected chi connectivity index (χ1v) is 6.49. The van der Waals surface area contributed by atoms with Crippen molar-refractivity contribution in [1.29, 1.82) is 0 Å². The van der Waals surface area contributed by atoms with E-state index >= 15 is 0 Å². The first kappa shape index (κ1) is 11.4. The van der Waals surface area contributed by atoms with Crippen molar-refractivity contribution < 1.29 is 0 Å². The molecular weight excluding hydrogens is 214 g/mol. The fourth-order valence-electron chi connectivity index (χ4n) is 1.78. The maximum atomic E-state index is 6.05. The molecule has 2 rings (SSSR count). The number of hydrogen-bond donors (Lipinski definition) is 1. The molecule has 1 nitrogen and oxygen atoms in total. The lowest BCUT2D eigenvalue weighted by Crippen LogP contribution is -2.08. The molecule has 0 fully saturated rings. The maximum absolute atomic E-state index is 6.05. The summed E-state index contributed by atoms with van der Waals surface area (Å²) in [7, 11) is 0. The lowest BCUT2D eigenvalue weighted by atomic mass is 10.0. The third-order valence-electron chi connectivity index (χ3n) is 2.82. The second kappa shape index (κ2) is 4.81. The van der Waals surface area contributed by atoms with Crippen LogP contribution in [0.4, 0.5) is 0 Å². The second-order valence-corrected chi connectivity index (χ2v) is 5.20. The molecule has 16 heavy (non-hydrogen) atoms. The highest BCUT2D eigenvalue weighted by Crippen LogP contribution is 2.27. The van der Waals surface area contributed by atoms with Crippen LogP contribution in [-0.2, 0) is 0 Å². The summed E-state index contributed by atoms with van der Waals surface area (Å²) >= 11 is 1.79. The smallest absolute Gasteiger partial charge is 0.0292 e. The molecule has 0 aliphatic rings. The Morgan fingerprint density at radius 3 is 2.69 bits per heavy atom. The molecule has 84 valence electrons. The lowest BCUT2D eigenvalue weighted by Gasteiger charge is -2.10. The Hall–Kier alpha value is -1.12. The summed E-state index contributed by atoms with van der Waals surface area (Å²) in [5.41, 5.74) is 9.84. The molecule has 0 saturated carbocycles. The molecule has 0 radical (unpaired) electrons. The summed E-state index contributed by atoms with van der Waals surface area (Å²) in [5.74, 6) is 0. The normalized spacial score (nSPS) is 12.7. The summed E-state index contributed by atoms with van der Waals surface area (Å²) in [6, 6.07) is 10.9. The van der Waals surface area contributed by atoms with E-state index in [1.54, 1.807) is 11.3 Å². The Labute approximate surface area is 101 Å². The standard InChI is InChI=1S/C14H17NS/c1-3-14(15)12-6-4-5-11(8-12)13-7-10(2)16-9-13/h4-9,14H,3,15H2,1-2H3. The van der Waals surface area contributed by atoms with Gasteiger partial charge in [0.25, 0.3) is 0 Å². The van der Waals surface area contributed by atoms with Gasteiger partial charge in [0.2, 0.25) is 0 Å². The number of aryl methyl sites for hydroxylation is 1. The van der Waals surface area contributed by atoms with Gasteiger partial charge in [0, 0.05) is 10.9 Å². The zero-order valence-electron chi connectivity index (χ0n) is 9.73. The predicted molar refractivity (Wildman–Crippen MR) is 71.7 cm³/mol. The first-order chi connectivity index (χ1) is 7.70. The van der Waals surface area contributed by atoms with Gasteiger partial charge >= 0.3 is 0 Å². The van der Waals surface area contributed by atoms with Crippen LogP contribution in [0.5, 0.6) is 0 Å². The third-order valence-corrected chi connectivity index (χ3v) is 3.68. The van der Waals surface area contributed by atoms with Crippen molar-refractivity contribution >= 4 is 11.3 Å². The fourth-order valence-corrected chi connectivity index (χ4v) is 2.49. The zero-order valence-corrected chi connectivity index (χ0v) is 10.6. The average molecular weight is 231 g/mol. The average Bonchev–Trinajstić information content (AvgIpc) is 2.75. The van der Waals surface area contributed by atoms with Gasteiger partial charge in [-0.2, -0.15) is 0 Å². The van der Waals surface area contributed by atoms with Crippen LogP contribution < -0.4 is 5.73 Å². The molecule has 2 N–H and O–H groups in total. The number of hydrogen-bond acceptors (Lipinski definition) is 2. The van der Waals surface area contributed by atoms with E-state index in [-0.39, 0.29) is 6.04 Å². The highest BCUT2D eigenvalue weighted by atomic mass is 32.1. The van der Waals surface area contributed by atoms with Gasteiger partial charge in [-0.25, -0.2) is 0 Å². The molecule has 1 unspecified atom stereocenters. The van der Waals surface area contributed by atoms with Gasteiger partial charge in [-0.15, -0.1) is 11.3 Å². The van der Waals surface area contributed by atoms with Crippen molar-refractivity contribution in [3.8, 4) is 11.1 Å². The number of rotatable bonds is 3. The minimum atomic E-state index is 0.152. The lowest BCUT2D eigenvalue weighted by molar-refractivity contribution is 0.699.